The van der Waals surface area contributed by atoms with Gasteiger partial charge in [0.25, 0.3) is 0 Å². The Labute approximate surface area is 148 Å². The largest absolute Gasteiger partial charge is 0.452 e. The molecule has 0 unspecified atom stereocenters. The lowest BCUT2D eigenvalue weighted by Crippen LogP contribution is -2.05. The summed E-state index contributed by atoms with van der Waals surface area (Å²) in [4.78, 5) is 12.8. The molecule has 0 aliphatic heterocycles. The first-order valence-corrected chi connectivity index (χ1v) is 8.00. The Morgan fingerprint density at radius 2 is 1.76 bits per heavy atom. The maximum atomic E-state index is 5.91. The van der Waals surface area contributed by atoms with E-state index in [0.717, 1.165) is 22.2 Å². The quantitative estimate of drug-likeness (QED) is 0.561. The van der Waals surface area contributed by atoms with Gasteiger partial charge in [-0.05, 0) is 37.3 Å². The van der Waals surface area contributed by atoms with Crippen LogP contribution >= 0.6 is 11.6 Å². The normalized spacial score (nSPS) is 11.0. The van der Waals surface area contributed by atoms with Crippen LogP contribution < -0.4 is 11.1 Å². The highest BCUT2D eigenvalue weighted by atomic mass is 35.5. The molecule has 0 spiro atoms. The van der Waals surface area contributed by atoms with E-state index in [-0.39, 0.29) is 5.95 Å². The van der Waals surface area contributed by atoms with Gasteiger partial charge in [-0.25, -0.2) is 0 Å². The zero-order chi connectivity index (χ0) is 17.4. The number of nitrogens with one attached hydrogen (secondary N) is 1. The van der Waals surface area contributed by atoms with Gasteiger partial charge in [0, 0.05) is 21.7 Å². The molecule has 0 saturated heterocycles. The van der Waals surface area contributed by atoms with Gasteiger partial charge in [0.15, 0.2) is 5.76 Å². The molecule has 25 heavy (non-hydrogen) atoms. The van der Waals surface area contributed by atoms with Gasteiger partial charge in [-0.3, -0.25) is 0 Å². The van der Waals surface area contributed by atoms with Crippen LogP contribution in [-0.2, 0) is 0 Å². The molecule has 6 nitrogen and oxygen atoms in total. The Morgan fingerprint density at radius 3 is 2.52 bits per heavy atom. The van der Waals surface area contributed by atoms with Gasteiger partial charge in [0.05, 0.1) is 0 Å². The number of hydrogen-bond acceptors (Lipinski definition) is 6. The van der Waals surface area contributed by atoms with Crippen molar-refractivity contribution < 1.29 is 4.42 Å². The van der Waals surface area contributed by atoms with Gasteiger partial charge in [-0.15, -0.1) is 0 Å². The number of nitrogens with zero attached hydrogens (tertiary/aromatic N) is 3. The lowest BCUT2D eigenvalue weighted by molar-refractivity contribution is 0.622. The maximum absolute atomic E-state index is 5.91. The molecule has 7 heteroatoms. The SMILES string of the molecule is Cc1c(-c2nc(N)nc(Nc3ccc(Cl)cc3)n2)oc2ccccc12. The number of nitrogen functional groups attached to an aromatic ring is 1. The van der Waals surface area contributed by atoms with Crippen molar-refractivity contribution in [1.29, 1.82) is 0 Å². The van der Waals surface area contributed by atoms with Gasteiger partial charge in [0.2, 0.25) is 17.7 Å². The summed E-state index contributed by atoms with van der Waals surface area (Å²) >= 11 is 5.90. The molecule has 4 aromatic rings. The predicted octanol–water partition coefficient (Wildman–Crippen LogP) is 4.57. The highest BCUT2D eigenvalue weighted by molar-refractivity contribution is 6.30. The van der Waals surface area contributed by atoms with Crippen molar-refractivity contribution in [3.63, 3.8) is 0 Å². The summed E-state index contributed by atoms with van der Waals surface area (Å²) in [6, 6.07) is 15.0. The molecule has 0 fully saturated rings. The number of rotatable bonds is 3. The van der Waals surface area contributed by atoms with Crippen molar-refractivity contribution in [1.82, 2.24) is 15.0 Å². The zero-order valence-corrected chi connectivity index (χ0v) is 14.1. The second kappa shape index (κ2) is 6.07. The number of hydrogen-bond donors (Lipinski definition) is 2. The number of aryl methyl sites for hydroxylation is 1. The van der Waals surface area contributed by atoms with E-state index in [2.05, 4.69) is 20.3 Å². The van der Waals surface area contributed by atoms with Crippen molar-refractivity contribution in [2.75, 3.05) is 11.1 Å². The summed E-state index contributed by atoms with van der Waals surface area (Å²) in [6.45, 7) is 1.97. The zero-order valence-electron chi connectivity index (χ0n) is 13.3. The van der Waals surface area contributed by atoms with Gasteiger partial charge in [0.1, 0.15) is 5.58 Å². The summed E-state index contributed by atoms with van der Waals surface area (Å²) in [5.41, 5.74) is 8.38. The Kier molecular flexibility index (Phi) is 3.74. The number of fused-ring (bicyclic) bond motifs is 1. The number of aromatic nitrogens is 3. The third-order valence-electron chi connectivity index (χ3n) is 3.80. The first-order chi connectivity index (χ1) is 12.1. The van der Waals surface area contributed by atoms with Crippen molar-refractivity contribution in [2.24, 2.45) is 0 Å². The molecule has 124 valence electrons. The van der Waals surface area contributed by atoms with Crippen LogP contribution in [0.2, 0.25) is 5.02 Å². The van der Waals surface area contributed by atoms with Crippen LogP contribution in [0.5, 0.6) is 0 Å². The summed E-state index contributed by atoms with van der Waals surface area (Å²) in [5, 5.41) is 4.76. The summed E-state index contributed by atoms with van der Waals surface area (Å²) in [7, 11) is 0. The number of para-hydroxylation sites is 1. The van der Waals surface area contributed by atoms with Crippen LogP contribution in [0, 0.1) is 6.92 Å². The molecule has 2 heterocycles. The van der Waals surface area contributed by atoms with Crippen LogP contribution in [-0.4, -0.2) is 15.0 Å². The lowest BCUT2D eigenvalue weighted by Gasteiger charge is -2.07. The minimum Gasteiger partial charge on any atom is -0.452 e. The maximum Gasteiger partial charge on any atom is 0.232 e. The minimum absolute atomic E-state index is 0.112. The van der Waals surface area contributed by atoms with Crippen LogP contribution in [0.25, 0.3) is 22.6 Å². The van der Waals surface area contributed by atoms with E-state index in [4.69, 9.17) is 21.8 Å². The molecule has 0 saturated carbocycles. The number of furan rings is 1. The fourth-order valence-corrected chi connectivity index (χ4v) is 2.73. The minimum atomic E-state index is 0.112. The van der Waals surface area contributed by atoms with Crippen molar-refractivity contribution in [3.8, 4) is 11.6 Å². The Hall–Kier alpha value is -3.12. The number of halogens is 1. The van der Waals surface area contributed by atoms with E-state index >= 15 is 0 Å². The molecular formula is C18H14ClN5O. The molecule has 0 bridgehead atoms. The standard InChI is InChI=1S/C18H14ClN5O/c1-10-13-4-2-3-5-14(13)25-15(10)16-22-17(20)24-18(23-16)21-12-8-6-11(19)7-9-12/h2-9H,1H3,(H3,20,21,22,23,24). The smallest absolute Gasteiger partial charge is 0.232 e. The number of nitrogens with two attached hydrogens (primary N) is 1. The van der Waals surface area contributed by atoms with Crippen LogP contribution in [0.3, 0.4) is 0 Å². The van der Waals surface area contributed by atoms with Gasteiger partial charge in [-0.2, -0.15) is 15.0 Å². The molecule has 4 rings (SSSR count). The average Bonchev–Trinajstić information content (AvgIpc) is 2.94. The Morgan fingerprint density at radius 1 is 1.00 bits per heavy atom. The van der Waals surface area contributed by atoms with Crippen LogP contribution in [0.15, 0.2) is 52.9 Å². The highest BCUT2D eigenvalue weighted by Gasteiger charge is 2.16. The first kappa shape index (κ1) is 15.4. The fraction of sp³-hybridized carbons (Fsp3) is 0.0556. The van der Waals surface area contributed by atoms with Crippen molar-refractivity contribution >= 4 is 40.2 Å². The van der Waals surface area contributed by atoms with Gasteiger partial charge < -0.3 is 15.5 Å². The topological polar surface area (TPSA) is 89.9 Å². The van der Waals surface area contributed by atoms with E-state index in [9.17, 15) is 0 Å². The fourth-order valence-electron chi connectivity index (χ4n) is 2.60. The number of anilines is 3. The van der Waals surface area contributed by atoms with Crippen molar-refractivity contribution in [2.45, 2.75) is 6.92 Å². The summed E-state index contributed by atoms with van der Waals surface area (Å²) in [6.07, 6.45) is 0. The van der Waals surface area contributed by atoms with Crippen LogP contribution in [0.1, 0.15) is 5.56 Å². The Balaban J connectivity index is 1.76. The van der Waals surface area contributed by atoms with E-state index < -0.39 is 0 Å². The lowest BCUT2D eigenvalue weighted by atomic mass is 10.1. The Bertz CT molecular complexity index is 1060. The third kappa shape index (κ3) is 2.99. The number of benzene rings is 2. The van der Waals surface area contributed by atoms with E-state index in [1.165, 1.54) is 0 Å². The average molecular weight is 352 g/mol. The van der Waals surface area contributed by atoms with Crippen molar-refractivity contribution in [3.05, 3.63) is 59.1 Å². The van der Waals surface area contributed by atoms with E-state index in [0.29, 0.717) is 22.6 Å². The molecule has 3 N–H and O–H groups in total. The highest BCUT2D eigenvalue weighted by Crippen LogP contribution is 2.31. The van der Waals surface area contributed by atoms with Gasteiger partial charge in [-0.1, -0.05) is 29.8 Å². The second-order valence-corrected chi connectivity index (χ2v) is 5.96. The molecule has 0 aliphatic carbocycles. The molecule has 0 amide bonds. The second-order valence-electron chi connectivity index (χ2n) is 5.53. The third-order valence-corrected chi connectivity index (χ3v) is 4.05. The van der Waals surface area contributed by atoms with E-state index in [1.807, 2.05) is 43.3 Å². The van der Waals surface area contributed by atoms with E-state index in [1.54, 1.807) is 12.1 Å². The van der Waals surface area contributed by atoms with Crippen LogP contribution in [0.4, 0.5) is 17.6 Å². The van der Waals surface area contributed by atoms with Gasteiger partial charge >= 0.3 is 0 Å². The molecule has 0 radical (unpaired) electrons. The molecular weight excluding hydrogens is 338 g/mol. The summed E-state index contributed by atoms with van der Waals surface area (Å²) < 4.78 is 5.91. The monoisotopic (exact) mass is 351 g/mol. The molecule has 0 atom stereocenters. The first-order valence-electron chi connectivity index (χ1n) is 7.63. The summed E-state index contributed by atoms with van der Waals surface area (Å²) in [5.74, 6) is 1.41. The molecule has 2 aromatic carbocycles. The predicted molar refractivity (Wildman–Crippen MR) is 98.9 cm³/mol. The molecule has 0 aliphatic rings. The molecule has 2 aromatic heterocycles.